The van der Waals surface area contributed by atoms with Gasteiger partial charge in [0.1, 0.15) is 0 Å². The summed E-state index contributed by atoms with van der Waals surface area (Å²) >= 11 is 10.9. The van der Waals surface area contributed by atoms with Gasteiger partial charge in [0.2, 0.25) is 0 Å². The molecule has 4 heteroatoms. The highest BCUT2D eigenvalue weighted by molar-refractivity contribution is 9.11. The summed E-state index contributed by atoms with van der Waals surface area (Å²) in [5.41, 5.74) is 0.635. The number of allylic oxidation sites excluding steroid dienone is 1. The molecule has 68 valence electrons. The summed E-state index contributed by atoms with van der Waals surface area (Å²) in [7, 11) is 0. The fraction of sp³-hybridized carbons (Fsp3) is 0.222. The Kier molecular flexibility index (Phi) is 3.98. The van der Waals surface area contributed by atoms with Crippen molar-refractivity contribution in [2.75, 3.05) is 0 Å². The van der Waals surface area contributed by atoms with Crippen LogP contribution >= 0.6 is 38.9 Å². The van der Waals surface area contributed by atoms with Gasteiger partial charge in [-0.05, 0) is 34.5 Å². The van der Waals surface area contributed by atoms with Crippen LogP contribution in [0.4, 0.5) is 0 Å². The molecule has 0 atom stereocenters. The van der Waals surface area contributed by atoms with Crippen molar-refractivity contribution in [3.05, 3.63) is 26.4 Å². The lowest BCUT2D eigenvalue weighted by molar-refractivity contribution is 1.16. The molecule has 0 aromatic carbocycles. The van der Waals surface area contributed by atoms with Crippen molar-refractivity contribution in [3.63, 3.8) is 0 Å². The van der Waals surface area contributed by atoms with Crippen LogP contribution < -0.4 is 0 Å². The van der Waals surface area contributed by atoms with E-state index in [1.54, 1.807) is 0 Å². The third-order valence-corrected chi connectivity index (χ3v) is 3.73. The third-order valence-electron chi connectivity index (χ3n) is 1.54. The molecule has 0 fully saturated rings. The van der Waals surface area contributed by atoms with Crippen LogP contribution in [0.3, 0.4) is 0 Å². The molecule has 0 unspecified atom stereocenters. The van der Waals surface area contributed by atoms with Gasteiger partial charge in [-0.3, -0.25) is 0 Å². The van der Waals surface area contributed by atoms with Crippen LogP contribution in [0.2, 0.25) is 0 Å². The molecule has 13 heavy (non-hydrogen) atoms. The van der Waals surface area contributed by atoms with E-state index in [1.165, 1.54) is 11.3 Å². The molecule has 0 aliphatic heterocycles. The molecule has 0 aliphatic carbocycles. The molecule has 0 amide bonds. The molecule has 1 aromatic rings. The lowest BCUT2D eigenvalue weighted by atomic mass is 10.2. The Morgan fingerprint density at radius 2 is 2.38 bits per heavy atom. The van der Waals surface area contributed by atoms with Crippen molar-refractivity contribution in [2.45, 2.75) is 13.3 Å². The SMILES string of the molecule is CCC(C#N)=C(Cl)c1ccc(Br)s1. The van der Waals surface area contributed by atoms with E-state index in [9.17, 15) is 0 Å². The molecule has 0 saturated carbocycles. The zero-order valence-electron chi connectivity index (χ0n) is 6.97. The molecule has 1 nitrogen and oxygen atoms in total. The van der Waals surface area contributed by atoms with Crippen LogP contribution in [0, 0.1) is 11.3 Å². The van der Waals surface area contributed by atoms with Crippen LogP contribution in [0.1, 0.15) is 18.2 Å². The molecular weight excluding hydrogens is 270 g/mol. The van der Waals surface area contributed by atoms with Crippen molar-refractivity contribution in [3.8, 4) is 6.07 Å². The predicted octanol–water partition coefficient (Wildman–Crippen LogP) is 4.39. The topological polar surface area (TPSA) is 23.8 Å². The van der Waals surface area contributed by atoms with Crippen LogP contribution in [-0.4, -0.2) is 0 Å². The third kappa shape index (κ3) is 2.57. The molecular formula is C9H7BrClNS. The zero-order valence-corrected chi connectivity index (χ0v) is 10.1. The van der Waals surface area contributed by atoms with E-state index in [2.05, 4.69) is 22.0 Å². The molecule has 0 bridgehead atoms. The smallest absolute Gasteiger partial charge is 0.0963 e. The number of thiophene rings is 1. The van der Waals surface area contributed by atoms with Gasteiger partial charge in [0, 0.05) is 10.5 Å². The monoisotopic (exact) mass is 275 g/mol. The van der Waals surface area contributed by atoms with Crippen molar-refractivity contribution in [1.29, 1.82) is 5.26 Å². The molecule has 0 saturated heterocycles. The minimum absolute atomic E-state index is 0.570. The quantitative estimate of drug-likeness (QED) is 0.735. The first-order valence-corrected chi connectivity index (χ1v) is 5.72. The van der Waals surface area contributed by atoms with Gasteiger partial charge >= 0.3 is 0 Å². The first-order valence-electron chi connectivity index (χ1n) is 3.73. The number of nitrogens with zero attached hydrogens (tertiary/aromatic N) is 1. The highest BCUT2D eigenvalue weighted by atomic mass is 79.9. The maximum atomic E-state index is 8.77. The lowest BCUT2D eigenvalue weighted by Crippen LogP contribution is -1.78. The molecule has 0 aliphatic rings. The highest BCUT2D eigenvalue weighted by Gasteiger charge is 2.07. The average Bonchev–Trinajstić information content (AvgIpc) is 2.54. The lowest BCUT2D eigenvalue weighted by Gasteiger charge is -1.96. The minimum atomic E-state index is 0.570. The van der Waals surface area contributed by atoms with E-state index in [4.69, 9.17) is 16.9 Å². The fourth-order valence-corrected chi connectivity index (χ4v) is 2.57. The Hall–Kier alpha value is -0.300. The maximum Gasteiger partial charge on any atom is 0.0963 e. The summed E-state index contributed by atoms with van der Waals surface area (Å²) < 4.78 is 1.02. The summed E-state index contributed by atoms with van der Waals surface area (Å²) in [6.45, 7) is 1.92. The van der Waals surface area contributed by atoms with E-state index in [-0.39, 0.29) is 0 Å². The van der Waals surface area contributed by atoms with Gasteiger partial charge in [-0.2, -0.15) is 5.26 Å². The summed E-state index contributed by atoms with van der Waals surface area (Å²) in [6.07, 6.45) is 0.671. The van der Waals surface area contributed by atoms with Gasteiger partial charge in [0.05, 0.1) is 14.9 Å². The van der Waals surface area contributed by atoms with Crippen LogP contribution in [0.25, 0.3) is 5.03 Å². The van der Waals surface area contributed by atoms with E-state index < -0.39 is 0 Å². The molecule has 0 N–H and O–H groups in total. The fourth-order valence-electron chi connectivity index (χ4n) is 0.864. The molecule has 1 aromatic heterocycles. The van der Waals surface area contributed by atoms with Crippen molar-refractivity contribution < 1.29 is 0 Å². The number of hydrogen-bond acceptors (Lipinski definition) is 2. The van der Waals surface area contributed by atoms with Gasteiger partial charge in [0.25, 0.3) is 0 Å². The van der Waals surface area contributed by atoms with Gasteiger partial charge in [-0.25, -0.2) is 0 Å². The largest absolute Gasteiger partial charge is 0.193 e. The highest BCUT2D eigenvalue weighted by Crippen LogP contribution is 2.32. The Balaban J connectivity index is 3.09. The normalized spacial score (nSPS) is 12.2. The van der Waals surface area contributed by atoms with Crippen LogP contribution in [0.5, 0.6) is 0 Å². The number of halogens is 2. The second-order valence-electron chi connectivity index (χ2n) is 2.36. The Labute approximate surface area is 94.8 Å². The maximum absolute atomic E-state index is 8.77. The first-order chi connectivity index (χ1) is 6.19. The van der Waals surface area contributed by atoms with Crippen molar-refractivity contribution >= 4 is 43.9 Å². The van der Waals surface area contributed by atoms with Gasteiger partial charge in [0.15, 0.2) is 0 Å². The summed E-state index contributed by atoms with van der Waals surface area (Å²) in [5, 5.41) is 9.34. The molecule has 1 heterocycles. The second kappa shape index (κ2) is 4.80. The molecule has 0 spiro atoms. The summed E-state index contributed by atoms with van der Waals surface area (Å²) in [5.74, 6) is 0. The van der Waals surface area contributed by atoms with Crippen molar-refractivity contribution in [2.24, 2.45) is 0 Å². The number of rotatable bonds is 2. The number of nitriles is 1. The van der Waals surface area contributed by atoms with E-state index in [0.29, 0.717) is 17.0 Å². The Bertz CT molecular complexity index is 375. The van der Waals surface area contributed by atoms with Gasteiger partial charge in [-0.1, -0.05) is 18.5 Å². The first kappa shape index (κ1) is 10.8. The standard InChI is InChI=1S/C9H7BrClNS/c1-2-6(5-12)9(11)7-3-4-8(10)13-7/h3-4H,2H2,1H3. The van der Waals surface area contributed by atoms with Gasteiger partial charge in [-0.15, -0.1) is 11.3 Å². The predicted molar refractivity (Wildman–Crippen MR) is 60.7 cm³/mol. The minimum Gasteiger partial charge on any atom is -0.193 e. The average molecular weight is 277 g/mol. The number of hydrogen-bond donors (Lipinski definition) is 0. The van der Waals surface area contributed by atoms with Crippen LogP contribution in [0.15, 0.2) is 21.5 Å². The van der Waals surface area contributed by atoms with Gasteiger partial charge < -0.3 is 0 Å². The summed E-state index contributed by atoms with van der Waals surface area (Å²) in [6, 6.07) is 5.93. The Morgan fingerprint density at radius 3 is 2.77 bits per heavy atom. The second-order valence-corrected chi connectivity index (χ2v) is 5.20. The van der Waals surface area contributed by atoms with E-state index in [0.717, 1.165) is 8.66 Å². The van der Waals surface area contributed by atoms with Crippen molar-refractivity contribution in [1.82, 2.24) is 0 Å². The summed E-state index contributed by atoms with van der Waals surface area (Å²) in [4.78, 5) is 0.937. The zero-order chi connectivity index (χ0) is 9.84. The van der Waals surface area contributed by atoms with E-state index >= 15 is 0 Å². The Morgan fingerprint density at radius 1 is 1.69 bits per heavy atom. The van der Waals surface area contributed by atoms with Crippen LogP contribution in [-0.2, 0) is 0 Å². The molecule has 1 rings (SSSR count). The van der Waals surface area contributed by atoms with E-state index in [1.807, 2.05) is 19.1 Å². The molecule has 0 radical (unpaired) electrons.